The SMILES string of the molecule is CCCCCCC/C=C\C/C=C\CCCCCCCCCCCCCCCCCCCCCCCCCCCC(=O)NC(COP(=O)([O-])OCC[N+](C)(C)C)C(O)CCCCCCCCCCCCCCCCCCCCCCCCCCCCCC. The Bertz CT molecular complexity index is 1470. The molecule has 0 aliphatic carbocycles. The maximum atomic E-state index is 13.1. The maximum absolute atomic E-state index is 13.1. The Morgan fingerprint density at radius 3 is 0.954 bits per heavy atom. The number of allylic oxidation sites excluding steroid dienone is 4. The molecule has 518 valence electrons. The molecule has 0 aromatic rings. The van der Waals surface area contributed by atoms with Gasteiger partial charge in [0.05, 0.1) is 39.9 Å². The van der Waals surface area contributed by atoms with Crippen LogP contribution in [-0.4, -0.2) is 68.5 Å². The summed E-state index contributed by atoms with van der Waals surface area (Å²) >= 11 is 0. The number of aliphatic hydroxyl groups is 1. The number of hydrogen-bond donors (Lipinski definition) is 2. The normalized spacial score (nSPS) is 13.6. The zero-order valence-electron chi connectivity index (χ0n) is 59.5. The lowest BCUT2D eigenvalue weighted by atomic mass is 10.0. The van der Waals surface area contributed by atoms with E-state index in [1.54, 1.807) is 0 Å². The van der Waals surface area contributed by atoms with Crippen molar-refractivity contribution in [2.24, 2.45) is 0 Å². The predicted molar refractivity (Wildman–Crippen MR) is 381 cm³/mol. The van der Waals surface area contributed by atoms with Gasteiger partial charge >= 0.3 is 0 Å². The van der Waals surface area contributed by atoms with Gasteiger partial charge in [0.15, 0.2) is 0 Å². The number of aliphatic hydroxyl groups excluding tert-OH is 1. The third-order valence-electron chi connectivity index (χ3n) is 18.4. The Morgan fingerprint density at radius 1 is 0.402 bits per heavy atom. The number of hydrogen-bond acceptors (Lipinski definition) is 6. The smallest absolute Gasteiger partial charge is 0.268 e. The Kier molecular flexibility index (Phi) is 68.5. The topological polar surface area (TPSA) is 108 Å². The molecule has 0 fully saturated rings. The van der Waals surface area contributed by atoms with E-state index in [0.717, 1.165) is 44.9 Å². The first-order chi connectivity index (χ1) is 42.5. The molecule has 0 aliphatic heterocycles. The first-order valence-corrected chi connectivity index (χ1v) is 40.6. The minimum Gasteiger partial charge on any atom is -0.756 e. The highest BCUT2D eigenvalue weighted by Gasteiger charge is 2.24. The van der Waals surface area contributed by atoms with Crippen LogP contribution in [0.2, 0.25) is 0 Å². The molecule has 0 aromatic heterocycles. The Balaban J connectivity index is 3.91. The van der Waals surface area contributed by atoms with Gasteiger partial charge in [-0.25, -0.2) is 0 Å². The van der Waals surface area contributed by atoms with Crippen LogP contribution in [0.15, 0.2) is 24.3 Å². The zero-order chi connectivity index (χ0) is 63.4. The van der Waals surface area contributed by atoms with Crippen LogP contribution in [0.5, 0.6) is 0 Å². The fraction of sp³-hybridized carbons (Fsp3) is 0.936. The van der Waals surface area contributed by atoms with Crippen LogP contribution in [-0.2, 0) is 18.4 Å². The summed E-state index contributed by atoms with van der Waals surface area (Å²) in [7, 11) is 1.33. The summed E-state index contributed by atoms with van der Waals surface area (Å²) in [5.74, 6) is -0.154. The van der Waals surface area contributed by atoms with Crippen LogP contribution in [0.3, 0.4) is 0 Å². The number of carbonyl (C=O) groups is 1. The quantitative estimate of drug-likeness (QED) is 0.0272. The Morgan fingerprint density at radius 2 is 0.667 bits per heavy atom. The van der Waals surface area contributed by atoms with Gasteiger partial charge in [0.2, 0.25) is 5.91 Å². The average Bonchev–Trinajstić information content (AvgIpc) is 3.70. The molecule has 3 unspecified atom stereocenters. The monoisotopic (exact) mass is 1250 g/mol. The number of carbonyl (C=O) groups excluding carboxylic acids is 1. The van der Waals surface area contributed by atoms with Crippen molar-refractivity contribution in [1.29, 1.82) is 0 Å². The summed E-state index contributed by atoms with van der Waals surface area (Å²) in [5, 5.41) is 14.1. The highest BCUT2D eigenvalue weighted by Crippen LogP contribution is 2.38. The van der Waals surface area contributed by atoms with E-state index >= 15 is 0 Å². The molecule has 0 aromatic carbocycles. The van der Waals surface area contributed by atoms with E-state index in [9.17, 15) is 19.4 Å². The molecule has 9 heteroatoms. The van der Waals surface area contributed by atoms with E-state index < -0.39 is 20.0 Å². The fourth-order valence-corrected chi connectivity index (χ4v) is 13.1. The molecule has 0 spiro atoms. The first kappa shape index (κ1) is 86.0. The molecular weight excluding hydrogens is 1090 g/mol. The lowest BCUT2D eigenvalue weighted by Crippen LogP contribution is -2.46. The standard InChI is InChI=1S/C78H155N2O6P/c1-6-8-10-12-14-16-18-20-22-24-26-28-30-32-34-36-37-38-39-40-41-42-43-44-46-48-50-52-54-56-58-60-62-64-66-68-70-72-78(82)79-76(75-86-87(83,84)85-74-73-80(3,4)5)77(81)71-69-67-65-63-61-59-57-55-53-51-49-47-45-35-33-31-29-27-25-23-21-19-17-15-13-11-9-7-2/h18,20,24,26,76-77,81H,6-17,19,21-23,25,27-75H2,1-5H3,(H-,79,82,83,84)/b20-18-,26-24-. The maximum Gasteiger partial charge on any atom is 0.268 e. The number of unbranched alkanes of at least 4 members (excludes halogenated alkanes) is 57. The van der Waals surface area contributed by atoms with Gasteiger partial charge in [0.1, 0.15) is 13.2 Å². The summed E-state index contributed by atoms with van der Waals surface area (Å²) in [6.45, 7) is 4.78. The fourth-order valence-electron chi connectivity index (χ4n) is 12.4. The van der Waals surface area contributed by atoms with Crippen molar-refractivity contribution in [2.45, 2.75) is 431 Å². The predicted octanol–water partition coefficient (Wildman–Crippen LogP) is 24.8. The van der Waals surface area contributed by atoms with Gasteiger partial charge < -0.3 is 28.8 Å². The summed E-state index contributed by atoms with van der Waals surface area (Å²) in [6, 6.07) is -0.800. The number of quaternary nitrogens is 1. The van der Waals surface area contributed by atoms with E-state index in [4.69, 9.17) is 9.05 Å². The molecule has 0 saturated carbocycles. The molecule has 0 heterocycles. The minimum atomic E-state index is -4.58. The lowest BCUT2D eigenvalue weighted by molar-refractivity contribution is -0.870. The minimum absolute atomic E-state index is 0.0157. The molecule has 8 nitrogen and oxygen atoms in total. The van der Waals surface area contributed by atoms with Gasteiger partial charge in [-0.15, -0.1) is 0 Å². The van der Waals surface area contributed by atoms with Gasteiger partial charge in [-0.3, -0.25) is 9.36 Å². The van der Waals surface area contributed by atoms with Crippen LogP contribution in [0.1, 0.15) is 418 Å². The van der Waals surface area contributed by atoms with E-state index in [-0.39, 0.29) is 19.1 Å². The van der Waals surface area contributed by atoms with Crippen molar-refractivity contribution in [1.82, 2.24) is 5.32 Å². The molecule has 1 amide bonds. The Hall–Kier alpha value is -1.02. The van der Waals surface area contributed by atoms with Gasteiger partial charge in [0.25, 0.3) is 7.82 Å². The number of phosphoric ester groups is 1. The van der Waals surface area contributed by atoms with Gasteiger partial charge in [-0.05, 0) is 44.9 Å². The van der Waals surface area contributed by atoms with Crippen LogP contribution >= 0.6 is 7.82 Å². The lowest BCUT2D eigenvalue weighted by Gasteiger charge is -2.30. The second-order valence-electron chi connectivity index (χ2n) is 28.4. The molecule has 0 bridgehead atoms. The highest BCUT2D eigenvalue weighted by atomic mass is 31.2. The van der Waals surface area contributed by atoms with Crippen molar-refractivity contribution < 1.29 is 32.9 Å². The van der Waals surface area contributed by atoms with E-state index in [0.29, 0.717) is 23.9 Å². The molecule has 0 saturated heterocycles. The zero-order valence-corrected chi connectivity index (χ0v) is 60.4. The molecule has 2 N–H and O–H groups in total. The van der Waals surface area contributed by atoms with Crippen LogP contribution in [0, 0.1) is 0 Å². The van der Waals surface area contributed by atoms with Crippen molar-refractivity contribution in [3.05, 3.63) is 24.3 Å². The second kappa shape index (κ2) is 69.3. The van der Waals surface area contributed by atoms with Crippen LogP contribution in [0.25, 0.3) is 0 Å². The number of amides is 1. The third kappa shape index (κ3) is 72.3. The summed E-state index contributed by atoms with van der Waals surface area (Å²) in [6.07, 6.45) is 91.5. The van der Waals surface area contributed by atoms with Crippen molar-refractivity contribution in [2.75, 3.05) is 40.9 Å². The highest BCUT2D eigenvalue weighted by molar-refractivity contribution is 7.45. The first-order valence-electron chi connectivity index (χ1n) is 39.2. The number of nitrogens with zero attached hydrogens (tertiary/aromatic N) is 1. The van der Waals surface area contributed by atoms with Crippen molar-refractivity contribution in [3.8, 4) is 0 Å². The van der Waals surface area contributed by atoms with Crippen LogP contribution < -0.4 is 10.2 Å². The average molecular weight is 1250 g/mol. The second-order valence-corrected chi connectivity index (χ2v) is 29.8. The number of phosphoric acid groups is 1. The van der Waals surface area contributed by atoms with E-state index in [2.05, 4.69) is 43.5 Å². The van der Waals surface area contributed by atoms with Gasteiger partial charge in [-0.2, -0.15) is 0 Å². The molecule has 87 heavy (non-hydrogen) atoms. The number of rotatable bonds is 74. The summed E-state index contributed by atoms with van der Waals surface area (Å²) in [5.41, 5.74) is 0. The number of nitrogens with one attached hydrogen (secondary N) is 1. The molecule has 0 aliphatic rings. The van der Waals surface area contributed by atoms with Gasteiger partial charge in [0, 0.05) is 6.42 Å². The van der Waals surface area contributed by atoms with Crippen molar-refractivity contribution in [3.63, 3.8) is 0 Å². The van der Waals surface area contributed by atoms with Crippen molar-refractivity contribution >= 4 is 13.7 Å². The largest absolute Gasteiger partial charge is 0.756 e. The Labute approximate surface area is 545 Å². The molecular formula is C78H155N2O6P. The van der Waals surface area contributed by atoms with Crippen LogP contribution in [0.4, 0.5) is 0 Å². The van der Waals surface area contributed by atoms with E-state index in [1.807, 2.05) is 21.1 Å². The van der Waals surface area contributed by atoms with E-state index in [1.165, 1.54) is 347 Å². The summed E-state index contributed by atoms with van der Waals surface area (Å²) < 4.78 is 23.6. The number of likely N-dealkylation sites (N-methyl/N-ethyl adjacent to an activating group) is 1. The third-order valence-corrected chi connectivity index (χ3v) is 19.4. The molecule has 0 radical (unpaired) electrons. The molecule has 3 atom stereocenters. The van der Waals surface area contributed by atoms with Gasteiger partial charge in [-0.1, -0.05) is 391 Å². The molecule has 0 rings (SSSR count). The summed E-state index contributed by atoms with van der Waals surface area (Å²) in [4.78, 5) is 25.7.